The van der Waals surface area contributed by atoms with Gasteiger partial charge in [-0.15, -0.1) is 0 Å². The number of carboxylic acid groups (broad SMARTS) is 1. The molecule has 0 saturated carbocycles. The number of hydrogen-bond acceptors (Lipinski definition) is 10. The molecule has 1 rings (SSSR count). The van der Waals surface area contributed by atoms with E-state index in [2.05, 4.69) is 0 Å². The maximum absolute atomic E-state index is 11.3. The lowest BCUT2D eigenvalue weighted by molar-refractivity contribution is -0.289. The van der Waals surface area contributed by atoms with Crippen molar-refractivity contribution < 1.29 is 55.5 Å². The minimum Gasteiger partial charge on any atom is -0.479 e. The lowest BCUT2D eigenvalue weighted by Crippen LogP contribution is -2.72. The molecule has 0 aromatic carbocycles. The second kappa shape index (κ2) is 7.12. The van der Waals surface area contributed by atoms with Crippen LogP contribution >= 0.6 is 0 Å². The zero-order chi connectivity index (χ0) is 17.2. The van der Waals surface area contributed by atoms with Gasteiger partial charge in [-0.3, -0.25) is 0 Å². The van der Waals surface area contributed by atoms with Gasteiger partial charge in [0.15, 0.2) is 0 Å². The van der Waals surface area contributed by atoms with Crippen molar-refractivity contribution in [2.75, 3.05) is 13.2 Å². The van der Waals surface area contributed by atoms with Gasteiger partial charge in [0.2, 0.25) is 5.60 Å². The summed E-state index contributed by atoms with van der Waals surface area (Å²) >= 11 is 0. The Kier molecular flexibility index (Phi) is 6.20. The van der Waals surface area contributed by atoms with E-state index in [4.69, 9.17) is 20.1 Å². The van der Waals surface area contributed by atoms with Crippen LogP contribution in [-0.2, 0) is 9.53 Å². The van der Waals surface area contributed by atoms with Gasteiger partial charge in [0.1, 0.15) is 42.7 Å². The number of rotatable bonds is 6. The Labute approximate surface area is 124 Å². The number of aliphatic hydroxyl groups is 8. The van der Waals surface area contributed by atoms with Crippen LogP contribution in [0, 0.1) is 0 Å². The zero-order valence-electron chi connectivity index (χ0n) is 11.3. The molecule has 8 atom stereocenters. The molecule has 1 fully saturated rings. The van der Waals surface area contributed by atoms with Gasteiger partial charge in [-0.1, -0.05) is 0 Å². The molecule has 0 amide bonds. The molecule has 9 N–H and O–H groups in total. The lowest BCUT2D eigenvalue weighted by atomic mass is 9.80. The summed E-state index contributed by atoms with van der Waals surface area (Å²) in [6, 6.07) is 0. The highest BCUT2D eigenvalue weighted by Gasteiger charge is 2.60. The molecule has 0 spiro atoms. The van der Waals surface area contributed by atoms with E-state index in [1.165, 1.54) is 0 Å². The fourth-order valence-electron chi connectivity index (χ4n) is 2.28. The molecule has 0 aliphatic carbocycles. The SMILES string of the molecule is O=C(O)[C@](O)(C1O[C@H](CO)[C@H](O)[C@H](O)[C@H]1O)[C@H](O)[C@H](O)CO. The summed E-state index contributed by atoms with van der Waals surface area (Å²) in [6.45, 7) is -1.98. The molecule has 0 aromatic rings. The molecular formula is C11H20O11. The molecule has 11 nitrogen and oxygen atoms in total. The van der Waals surface area contributed by atoms with Crippen molar-refractivity contribution in [3.63, 3.8) is 0 Å². The fourth-order valence-corrected chi connectivity index (χ4v) is 2.28. The van der Waals surface area contributed by atoms with E-state index >= 15 is 0 Å². The van der Waals surface area contributed by atoms with Crippen molar-refractivity contribution in [1.82, 2.24) is 0 Å². The Morgan fingerprint density at radius 2 is 1.64 bits per heavy atom. The van der Waals surface area contributed by atoms with Crippen LogP contribution in [0.4, 0.5) is 0 Å². The van der Waals surface area contributed by atoms with Crippen molar-refractivity contribution in [3.05, 3.63) is 0 Å². The topological polar surface area (TPSA) is 208 Å². The Balaban J connectivity index is 3.22. The summed E-state index contributed by atoms with van der Waals surface area (Å²) in [5.41, 5.74) is -3.32. The van der Waals surface area contributed by atoms with Crippen LogP contribution in [0.1, 0.15) is 0 Å². The van der Waals surface area contributed by atoms with Gasteiger partial charge in [0, 0.05) is 0 Å². The maximum atomic E-state index is 11.3. The normalized spacial score (nSPS) is 38.1. The van der Waals surface area contributed by atoms with E-state index in [9.17, 15) is 35.4 Å². The maximum Gasteiger partial charge on any atom is 0.341 e. The molecule has 0 bridgehead atoms. The average molecular weight is 328 g/mol. The second-order valence-electron chi connectivity index (χ2n) is 5.07. The van der Waals surface area contributed by atoms with Crippen LogP contribution in [0.5, 0.6) is 0 Å². The zero-order valence-corrected chi connectivity index (χ0v) is 11.3. The Hall–Kier alpha value is -0.890. The van der Waals surface area contributed by atoms with Crippen molar-refractivity contribution in [2.45, 2.75) is 48.3 Å². The molecule has 11 heteroatoms. The van der Waals surface area contributed by atoms with Gasteiger partial charge < -0.3 is 50.7 Å². The third kappa shape index (κ3) is 3.08. The highest BCUT2D eigenvalue weighted by Crippen LogP contribution is 2.32. The van der Waals surface area contributed by atoms with Crippen molar-refractivity contribution in [2.24, 2.45) is 0 Å². The summed E-state index contributed by atoms with van der Waals surface area (Å²) in [4.78, 5) is 11.3. The highest BCUT2D eigenvalue weighted by atomic mass is 16.6. The van der Waals surface area contributed by atoms with Crippen LogP contribution in [0.15, 0.2) is 0 Å². The molecule has 1 heterocycles. The Morgan fingerprint density at radius 1 is 1.09 bits per heavy atom. The van der Waals surface area contributed by atoms with Crippen LogP contribution in [0.2, 0.25) is 0 Å². The molecule has 1 saturated heterocycles. The summed E-state index contributed by atoms with van der Waals surface area (Å²) in [5, 5.41) is 85.2. The number of carboxylic acids is 1. The number of aliphatic hydroxyl groups excluding tert-OH is 7. The van der Waals surface area contributed by atoms with E-state index < -0.39 is 67.5 Å². The van der Waals surface area contributed by atoms with E-state index in [0.29, 0.717) is 0 Å². The molecule has 1 aliphatic rings. The molecule has 22 heavy (non-hydrogen) atoms. The minimum atomic E-state index is -3.32. The second-order valence-corrected chi connectivity index (χ2v) is 5.07. The first-order valence-electron chi connectivity index (χ1n) is 6.36. The third-order valence-corrected chi connectivity index (χ3v) is 3.67. The van der Waals surface area contributed by atoms with E-state index in [1.54, 1.807) is 0 Å². The van der Waals surface area contributed by atoms with Crippen molar-refractivity contribution in [3.8, 4) is 0 Å². The number of ether oxygens (including phenoxy) is 1. The average Bonchev–Trinajstić information content (AvgIpc) is 2.50. The summed E-state index contributed by atoms with van der Waals surface area (Å²) in [5.74, 6) is -2.11. The molecule has 130 valence electrons. The van der Waals surface area contributed by atoms with Crippen LogP contribution < -0.4 is 0 Å². The van der Waals surface area contributed by atoms with E-state index in [0.717, 1.165) is 0 Å². The first kappa shape index (κ1) is 19.2. The summed E-state index contributed by atoms with van der Waals surface area (Å²) in [7, 11) is 0. The molecule has 1 aliphatic heterocycles. The number of carbonyl (C=O) groups is 1. The molecular weight excluding hydrogens is 308 g/mol. The fraction of sp³-hybridized carbons (Fsp3) is 0.909. The van der Waals surface area contributed by atoms with E-state index in [1.807, 2.05) is 0 Å². The third-order valence-electron chi connectivity index (χ3n) is 3.67. The first-order chi connectivity index (χ1) is 10.1. The monoisotopic (exact) mass is 328 g/mol. The van der Waals surface area contributed by atoms with Crippen LogP contribution in [-0.4, -0.2) is 113 Å². The van der Waals surface area contributed by atoms with Gasteiger partial charge in [-0.05, 0) is 0 Å². The number of hydrogen-bond donors (Lipinski definition) is 9. The van der Waals surface area contributed by atoms with Gasteiger partial charge in [0.25, 0.3) is 0 Å². The summed E-state index contributed by atoms with van der Waals surface area (Å²) in [6.07, 6.45) is -14.2. The Bertz CT molecular complexity index is 388. The minimum absolute atomic E-state index is 0.879. The quantitative estimate of drug-likeness (QED) is 0.224. The lowest BCUT2D eigenvalue weighted by Gasteiger charge is -2.46. The van der Waals surface area contributed by atoms with Gasteiger partial charge >= 0.3 is 5.97 Å². The Morgan fingerprint density at radius 3 is 2.05 bits per heavy atom. The van der Waals surface area contributed by atoms with Crippen LogP contribution in [0.25, 0.3) is 0 Å². The smallest absolute Gasteiger partial charge is 0.341 e. The molecule has 0 radical (unpaired) electrons. The predicted molar refractivity (Wildman–Crippen MR) is 65.5 cm³/mol. The van der Waals surface area contributed by atoms with Gasteiger partial charge in [-0.2, -0.15) is 0 Å². The van der Waals surface area contributed by atoms with Crippen LogP contribution in [0.3, 0.4) is 0 Å². The number of aliphatic carboxylic acids is 1. The molecule has 1 unspecified atom stereocenters. The standard InChI is InChI=1S/C11H20O11/c12-1-3(14)8(18)11(21,10(19)20)9-7(17)6(16)5(15)4(2-13)22-9/h3-9,12-18,21H,1-2H2,(H,19,20)/t3-,4-,5+,6+,7-,8-,9?,11-/m1/s1. The predicted octanol–water partition coefficient (Wildman–Crippen LogP) is -5.64. The van der Waals surface area contributed by atoms with Crippen molar-refractivity contribution in [1.29, 1.82) is 0 Å². The molecule has 0 aromatic heterocycles. The summed E-state index contributed by atoms with van der Waals surface area (Å²) < 4.78 is 4.88. The first-order valence-corrected chi connectivity index (χ1v) is 6.36. The van der Waals surface area contributed by atoms with Crippen molar-refractivity contribution >= 4 is 5.97 Å². The van der Waals surface area contributed by atoms with Gasteiger partial charge in [-0.25, -0.2) is 4.79 Å². The van der Waals surface area contributed by atoms with Gasteiger partial charge in [0.05, 0.1) is 13.2 Å². The highest BCUT2D eigenvalue weighted by molar-refractivity contribution is 5.79. The van der Waals surface area contributed by atoms with E-state index in [-0.39, 0.29) is 0 Å². The largest absolute Gasteiger partial charge is 0.479 e.